The van der Waals surface area contributed by atoms with Gasteiger partial charge in [0.25, 0.3) is 0 Å². The summed E-state index contributed by atoms with van der Waals surface area (Å²) in [6.45, 7) is 4.29. The Morgan fingerprint density at radius 3 is 2.61 bits per heavy atom. The Hall–Kier alpha value is -0.970. The largest absolute Gasteiger partial charge is 0.372 e. The molecule has 1 aromatic rings. The molecular weight excluding hydrogens is 333 g/mol. The van der Waals surface area contributed by atoms with Gasteiger partial charge in [0.15, 0.2) is 0 Å². The number of rotatable bonds is 5. The fourth-order valence-corrected chi connectivity index (χ4v) is 2.87. The van der Waals surface area contributed by atoms with Crippen molar-refractivity contribution >= 4 is 42.1 Å². The minimum atomic E-state index is 0. The summed E-state index contributed by atoms with van der Waals surface area (Å²) in [7, 11) is 2.06. The molecule has 0 radical (unpaired) electrons. The molecule has 0 aliphatic heterocycles. The molecule has 1 aliphatic rings. The number of carbonyl (C=O) groups excluding carboxylic acids is 1. The van der Waals surface area contributed by atoms with Gasteiger partial charge in [0, 0.05) is 36.9 Å². The van der Waals surface area contributed by atoms with Crippen LogP contribution >= 0.6 is 24.8 Å². The number of hydrogen-bond acceptors (Lipinski definition) is 3. The van der Waals surface area contributed by atoms with E-state index in [0.717, 1.165) is 30.6 Å². The van der Waals surface area contributed by atoms with Crippen molar-refractivity contribution in [3.8, 4) is 0 Å². The van der Waals surface area contributed by atoms with E-state index < -0.39 is 0 Å². The molecule has 1 saturated carbocycles. The summed E-state index contributed by atoms with van der Waals surface area (Å²) < 4.78 is 0. The van der Waals surface area contributed by atoms with E-state index in [1.165, 1.54) is 0 Å². The fraction of sp³-hybridized carbons (Fsp3) is 0.588. The number of amides is 1. The molecular formula is C17H29Cl2N3O. The highest BCUT2D eigenvalue weighted by Gasteiger charge is 2.26. The second kappa shape index (κ2) is 10.0. The average Bonchev–Trinajstić information content (AvgIpc) is 2.83. The fourth-order valence-electron chi connectivity index (χ4n) is 2.87. The molecule has 4 nitrogen and oxygen atoms in total. The van der Waals surface area contributed by atoms with Crippen LogP contribution in [0.25, 0.3) is 0 Å². The van der Waals surface area contributed by atoms with Crippen LogP contribution in [0.3, 0.4) is 0 Å². The van der Waals surface area contributed by atoms with Crippen molar-refractivity contribution in [3.63, 3.8) is 0 Å². The van der Waals surface area contributed by atoms with Gasteiger partial charge in [-0.15, -0.1) is 24.8 Å². The van der Waals surface area contributed by atoms with Crippen molar-refractivity contribution in [2.45, 2.75) is 51.6 Å². The van der Waals surface area contributed by atoms with Gasteiger partial charge in [-0.05, 0) is 50.8 Å². The molecule has 0 aromatic heterocycles. The normalized spacial score (nSPS) is 19.7. The first-order valence-electron chi connectivity index (χ1n) is 7.85. The van der Waals surface area contributed by atoms with Gasteiger partial charge in [0.05, 0.1) is 0 Å². The van der Waals surface area contributed by atoms with E-state index in [9.17, 15) is 4.79 Å². The Balaban J connectivity index is 0.00000242. The summed E-state index contributed by atoms with van der Waals surface area (Å²) in [5.74, 6) is 0.410. The number of hydrogen-bond donors (Lipinski definition) is 2. The highest BCUT2D eigenvalue weighted by atomic mass is 35.5. The van der Waals surface area contributed by atoms with Crippen LogP contribution in [0.5, 0.6) is 0 Å². The van der Waals surface area contributed by atoms with Crippen molar-refractivity contribution < 1.29 is 4.79 Å². The smallest absolute Gasteiger partial charge is 0.224 e. The number of carbonyl (C=O) groups is 1. The van der Waals surface area contributed by atoms with Crippen molar-refractivity contribution in [2.75, 3.05) is 17.3 Å². The topological polar surface area (TPSA) is 58.4 Å². The van der Waals surface area contributed by atoms with Gasteiger partial charge in [-0.1, -0.05) is 12.5 Å². The Morgan fingerprint density at radius 2 is 2.04 bits per heavy atom. The van der Waals surface area contributed by atoms with Gasteiger partial charge in [-0.2, -0.15) is 0 Å². The molecule has 1 aliphatic carbocycles. The average molecular weight is 362 g/mol. The second-order valence-electron chi connectivity index (χ2n) is 6.36. The summed E-state index contributed by atoms with van der Waals surface area (Å²) in [6, 6.07) is 8.60. The molecule has 3 N–H and O–H groups in total. The Morgan fingerprint density at radius 1 is 1.35 bits per heavy atom. The van der Waals surface area contributed by atoms with Crippen molar-refractivity contribution in [1.82, 2.24) is 0 Å². The SMILES string of the molecule is CC(C)N(C)c1cccc(NC(=O)C[C@@H]2CCC[C@H]2N)c1.Cl.Cl. The minimum Gasteiger partial charge on any atom is -0.372 e. The van der Waals surface area contributed by atoms with Gasteiger partial charge in [-0.25, -0.2) is 0 Å². The lowest BCUT2D eigenvalue weighted by atomic mass is 10.00. The van der Waals surface area contributed by atoms with E-state index in [1.54, 1.807) is 0 Å². The zero-order valence-electron chi connectivity index (χ0n) is 14.1. The Bertz CT molecular complexity index is 496. The standard InChI is InChI=1S/C17H27N3O.2ClH/c1-12(2)20(3)15-8-5-7-14(11-15)19-17(21)10-13-6-4-9-16(13)18;;/h5,7-8,11-13,16H,4,6,9-10,18H2,1-3H3,(H,19,21);2*1H/t13-,16+;;/m0../s1. The third-order valence-electron chi connectivity index (χ3n) is 4.48. The zero-order valence-corrected chi connectivity index (χ0v) is 15.8. The van der Waals surface area contributed by atoms with Crippen molar-refractivity contribution in [3.05, 3.63) is 24.3 Å². The first-order chi connectivity index (χ1) is 9.97. The predicted octanol–water partition coefficient (Wildman–Crippen LogP) is 3.83. The summed E-state index contributed by atoms with van der Waals surface area (Å²) in [6.07, 6.45) is 3.80. The lowest BCUT2D eigenvalue weighted by molar-refractivity contribution is -0.117. The molecule has 6 heteroatoms. The van der Waals surface area contributed by atoms with Crippen LogP contribution in [0.1, 0.15) is 39.5 Å². The summed E-state index contributed by atoms with van der Waals surface area (Å²) >= 11 is 0. The second-order valence-corrected chi connectivity index (χ2v) is 6.36. The monoisotopic (exact) mass is 361 g/mol. The van der Waals surface area contributed by atoms with Gasteiger partial charge >= 0.3 is 0 Å². The van der Waals surface area contributed by atoms with E-state index in [0.29, 0.717) is 18.4 Å². The van der Waals surface area contributed by atoms with Crippen LogP contribution in [0.2, 0.25) is 0 Å². The molecule has 1 aromatic carbocycles. The first kappa shape index (κ1) is 22.0. The van der Waals surface area contributed by atoms with Gasteiger partial charge < -0.3 is 16.0 Å². The maximum absolute atomic E-state index is 12.1. The maximum Gasteiger partial charge on any atom is 0.224 e. The Kier molecular flexibility index (Phi) is 9.59. The van der Waals surface area contributed by atoms with E-state index in [4.69, 9.17) is 5.73 Å². The molecule has 0 heterocycles. The number of nitrogens with zero attached hydrogens (tertiary/aromatic N) is 1. The molecule has 132 valence electrons. The first-order valence-corrected chi connectivity index (χ1v) is 7.85. The number of nitrogens with two attached hydrogens (primary N) is 1. The molecule has 0 saturated heterocycles. The van der Waals surface area contributed by atoms with E-state index in [2.05, 4.69) is 37.2 Å². The molecule has 1 fully saturated rings. The Labute approximate surface area is 152 Å². The molecule has 0 unspecified atom stereocenters. The van der Waals surface area contributed by atoms with Gasteiger partial charge in [-0.3, -0.25) is 4.79 Å². The van der Waals surface area contributed by atoms with Crippen LogP contribution in [0, 0.1) is 5.92 Å². The third kappa shape index (κ3) is 6.21. The molecule has 1 amide bonds. The molecule has 23 heavy (non-hydrogen) atoms. The molecule has 0 bridgehead atoms. The quantitative estimate of drug-likeness (QED) is 0.837. The zero-order chi connectivity index (χ0) is 15.4. The van der Waals surface area contributed by atoms with Gasteiger partial charge in [0.2, 0.25) is 5.91 Å². The lowest BCUT2D eigenvalue weighted by Crippen LogP contribution is -2.28. The van der Waals surface area contributed by atoms with Crippen molar-refractivity contribution in [2.24, 2.45) is 11.7 Å². The van der Waals surface area contributed by atoms with Gasteiger partial charge in [0.1, 0.15) is 0 Å². The number of anilines is 2. The van der Waals surface area contributed by atoms with Crippen LogP contribution in [0.4, 0.5) is 11.4 Å². The van der Waals surface area contributed by atoms with E-state index in [-0.39, 0.29) is 36.8 Å². The number of halogens is 2. The van der Waals surface area contributed by atoms with Crippen LogP contribution in [0.15, 0.2) is 24.3 Å². The maximum atomic E-state index is 12.1. The lowest BCUT2D eigenvalue weighted by Gasteiger charge is -2.24. The van der Waals surface area contributed by atoms with Crippen molar-refractivity contribution in [1.29, 1.82) is 0 Å². The summed E-state index contributed by atoms with van der Waals surface area (Å²) in [5, 5.41) is 3.00. The van der Waals surface area contributed by atoms with Crippen LogP contribution in [-0.2, 0) is 4.79 Å². The molecule has 2 atom stereocenters. The number of nitrogens with one attached hydrogen (secondary N) is 1. The minimum absolute atomic E-state index is 0. The molecule has 2 rings (SSSR count). The highest BCUT2D eigenvalue weighted by molar-refractivity contribution is 5.91. The predicted molar refractivity (Wildman–Crippen MR) is 103 cm³/mol. The van der Waals surface area contributed by atoms with E-state index >= 15 is 0 Å². The summed E-state index contributed by atoms with van der Waals surface area (Å²) in [5.41, 5.74) is 8.00. The van der Waals surface area contributed by atoms with Crippen LogP contribution < -0.4 is 16.0 Å². The third-order valence-corrected chi connectivity index (χ3v) is 4.48. The number of benzene rings is 1. The summed E-state index contributed by atoms with van der Waals surface area (Å²) in [4.78, 5) is 14.3. The van der Waals surface area contributed by atoms with E-state index in [1.807, 2.05) is 18.2 Å². The van der Waals surface area contributed by atoms with Crippen LogP contribution in [-0.4, -0.2) is 25.0 Å². The molecule has 0 spiro atoms. The highest BCUT2D eigenvalue weighted by Crippen LogP contribution is 2.27.